The Morgan fingerprint density at radius 3 is 2.04 bits per heavy atom. The Balaban J connectivity index is 1.99. The van der Waals surface area contributed by atoms with Gasteiger partial charge in [0.15, 0.2) is 0 Å². The van der Waals surface area contributed by atoms with Crippen molar-refractivity contribution in [1.82, 2.24) is 4.98 Å². The molecule has 126 valence electrons. The van der Waals surface area contributed by atoms with Gasteiger partial charge in [0.25, 0.3) is 0 Å². The van der Waals surface area contributed by atoms with Crippen LogP contribution in [0.3, 0.4) is 0 Å². The molecule has 0 bridgehead atoms. The normalized spacial score (nSPS) is 11.7. The van der Waals surface area contributed by atoms with E-state index in [9.17, 15) is 9.60 Å². The van der Waals surface area contributed by atoms with Crippen LogP contribution in [0, 0.1) is 12.9 Å². The van der Waals surface area contributed by atoms with E-state index in [1.807, 2.05) is 60.7 Å². The van der Waals surface area contributed by atoms with E-state index >= 15 is 0 Å². The average Bonchev–Trinajstić information content (AvgIpc) is 2.63. The molecular formula is C21H19FN2O. The topological polar surface area (TPSA) is 45.5 Å². The summed E-state index contributed by atoms with van der Waals surface area (Å²) in [7, 11) is 0. The van der Waals surface area contributed by atoms with Crippen LogP contribution >= 0.6 is 0 Å². The van der Waals surface area contributed by atoms with Crippen molar-refractivity contribution in [2.75, 3.05) is 0 Å². The van der Waals surface area contributed by atoms with Crippen molar-refractivity contribution < 1.29 is 9.60 Å². The summed E-state index contributed by atoms with van der Waals surface area (Å²) in [6, 6.07) is 23.1. The van der Waals surface area contributed by atoms with Gasteiger partial charge in [0, 0.05) is 29.7 Å². The minimum atomic E-state index is -0.577. The molecule has 0 aliphatic heterocycles. The predicted octanol–water partition coefficient (Wildman–Crippen LogP) is 4.93. The van der Waals surface area contributed by atoms with E-state index in [-0.39, 0.29) is 5.92 Å². The zero-order valence-corrected chi connectivity index (χ0v) is 13.9. The maximum Gasteiger partial charge on any atom is 0.213 e. The number of oxime groups is 1. The lowest BCUT2D eigenvalue weighted by atomic mass is 9.85. The molecule has 3 rings (SSSR count). The van der Waals surface area contributed by atoms with E-state index < -0.39 is 5.95 Å². The molecule has 0 aliphatic rings. The van der Waals surface area contributed by atoms with Gasteiger partial charge in [-0.05, 0) is 24.1 Å². The van der Waals surface area contributed by atoms with E-state index in [0.717, 1.165) is 11.1 Å². The molecular weight excluding hydrogens is 315 g/mol. The Morgan fingerprint density at radius 1 is 1.00 bits per heavy atom. The Kier molecular flexibility index (Phi) is 5.19. The second-order valence-electron chi connectivity index (χ2n) is 5.94. The lowest BCUT2D eigenvalue weighted by Crippen LogP contribution is -2.11. The van der Waals surface area contributed by atoms with Gasteiger partial charge >= 0.3 is 0 Å². The molecule has 1 aromatic heterocycles. The van der Waals surface area contributed by atoms with Gasteiger partial charge in [0.2, 0.25) is 5.95 Å². The molecule has 25 heavy (non-hydrogen) atoms. The number of hydrogen-bond acceptors (Lipinski definition) is 3. The van der Waals surface area contributed by atoms with Gasteiger partial charge in [0.1, 0.15) is 0 Å². The van der Waals surface area contributed by atoms with Gasteiger partial charge in [-0.3, -0.25) is 0 Å². The number of benzene rings is 2. The number of nitrogens with zero attached hydrogens (tertiary/aromatic N) is 2. The van der Waals surface area contributed by atoms with E-state index in [2.05, 4.69) is 10.1 Å². The van der Waals surface area contributed by atoms with Crippen molar-refractivity contribution in [1.29, 1.82) is 0 Å². The van der Waals surface area contributed by atoms with E-state index in [0.29, 0.717) is 23.4 Å². The van der Waals surface area contributed by atoms with Crippen LogP contribution in [0.15, 0.2) is 78.0 Å². The molecule has 3 aromatic rings. The van der Waals surface area contributed by atoms with Crippen LogP contribution in [0.25, 0.3) is 0 Å². The van der Waals surface area contributed by atoms with E-state index in [4.69, 9.17) is 0 Å². The van der Waals surface area contributed by atoms with Crippen molar-refractivity contribution in [3.05, 3.63) is 101 Å². The smallest absolute Gasteiger partial charge is 0.213 e. The lowest BCUT2D eigenvalue weighted by molar-refractivity contribution is 0.317. The fraction of sp³-hybridized carbons (Fsp3) is 0.143. The molecule has 0 unspecified atom stereocenters. The molecule has 0 saturated heterocycles. The van der Waals surface area contributed by atoms with E-state index in [1.54, 1.807) is 13.0 Å². The average molecular weight is 334 g/mol. The Morgan fingerprint density at radius 2 is 1.56 bits per heavy atom. The van der Waals surface area contributed by atoms with E-state index in [1.165, 1.54) is 6.07 Å². The number of rotatable bonds is 5. The van der Waals surface area contributed by atoms with Crippen molar-refractivity contribution in [2.24, 2.45) is 5.16 Å². The molecule has 1 N–H and O–H groups in total. The largest absolute Gasteiger partial charge is 0.411 e. The summed E-state index contributed by atoms with van der Waals surface area (Å²) in [5.74, 6) is -0.572. The molecule has 1 heterocycles. The fourth-order valence-corrected chi connectivity index (χ4v) is 3.00. The van der Waals surface area contributed by atoms with Crippen molar-refractivity contribution in [2.45, 2.75) is 19.3 Å². The van der Waals surface area contributed by atoms with Gasteiger partial charge in [-0.25, -0.2) is 4.98 Å². The Labute approximate surface area is 146 Å². The molecule has 3 nitrogen and oxygen atoms in total. The van der Waals surface area contributed by atoms with Crippen molar-refractivity contribution >= 4 is 5.71 Å². The molecule has 0 radical (unpaired) electrons. The standard InChI is InChI=1S/C21H19FN2O/c1-15-12-18(13-21(22)23-15)20(24-25)14-19(16-8-4-2-5-9-16)17-10-6-3-7-11-17/h2-13,19,25H,14H2,1H3/b24-20-. The predicted molar refractivity (Wildman–Crippen MR) is 96.6 cm³/mol. The highest BCUT2D eigenvalue weighted by Crippen LogP contribution is 2.29. The second kappa shape index (κ2) is 7.71. The highest BCUT2D eigenvalue weighted by molar-refractivity contribution is 6.00. The third-order valence-corrected chi connectivity index (χ3v) is 4.18. The molecule has 0 amide bonds. The first-order valence-electron chi connectivity index (χ1n) is 8.13. The Bertz CT molecular complexity index is 804. The summed E-state index contributed by atoms with van der Waals surface area (Å²) in [4.78, 5) is 3.74. The van der Waals surface area contributed by atoms with Crippen LogP contribution < -0.4 is 0 Å². The summed E-state index contributed by atoms with van der Waals surface area (Å²) < 4.78 is 13.7. The molecule has 0 atom stereocenters. The molecule has 2 aromatic carbocycles. The van der Waals surface area contributed by atoms with Crippen molar-refractivity contribution in [3.63, 3.8) is 0 Å². The first-order chi connectivity index (χ1) is 12.2. The van der Waals surface area contributed by atoms with Crippen LogP contribution in [0.5, 0.6) is 0 Å². The van der Waals surface area contributed by atoms with Gasteiger partial charge in [-0.1, -0.05) is 65.8 Å². The second-order valence-corrected chi connectivity index (χ2v) is 5.94. The fourth-order valence-electron chi connectivity index (χ4n) is 3.00. The summed E-state index contributed by atoms with van der Waals surface area (Å²) >= 11 is 0. The molecule has 0 fully saturated rings. The number of halogens is 1. The highest BCUT2D eigenvalue weighted by Gasteiger charge is 2.19. The first kappa shape index (κ1) is 16.8. The summed E-state index contributed by atoms with van der Waals surface area (Å²) in [6.45, 7) is 1.72. The van der Waals surface area contributed by atoms with Gasteiger partial charge in [-0.15, -0.1) is 0 Å². The first-order valence-corrected chi connectivity index (χ1v) is 8.13. The molecule has 0 aliphatic carbocycles. The number of aromatic nitrogens is 1. The zero-order valence-electron chi connectivity index (χ0n) is 13.9. The maximum atomic E-state index is 13.7. The lowest BCUT2D eigenvalue weighted by Gasteiger charge is -2.19. The minimum Gasteiger partial charge on any atom is -0.411 e. The van der Waals surface area contributed by atoms with Crippen LogP contribution in [0.2, 0.25) is 0 Å². The third kappa shape index (κ3) is 4.10. The summed E-state index contributed by atoms with van der Waals surface area (Å²) in [6.07, 6.45) is 0.452. The molecule has 0 saturated carbocycles. The minimum absolute atomic E-state index is 0.00447. The monoisotopic (exact) mass is 334 g/mol. The SMILES string of the molecule is Cc1cc(/C(CC(c2ccccc2)c2ccccc2)=N\O)cc(F)n1. The number of aryl methyl sites for hydroxylation is 1. The van der Waals surface area contributed by atoms with Crippen LogP contribution in [-0.2, 0) is 0 Å². The summed E-state index contributed by atoms with van der Waals surface area (Å²) in [5, 5.41) is 13.0. The van der Waals surface area contributed by atoms with Crippen LogP contribution in [-0.4, -0.2) is 15.9 Å². The van der Waals surface area contributed by atoms with Gasteiger partial charge in [0.05, 0.1) is 5.71 Å². The third-order valence-electron chi connectivity index (χ3n) is 4.18. The quantitative estimate of drug-likeness (QED) is 0.311. The highest BCUT2D eigenvalue weighted by atomic mass is 19.1. The number of pyridine rings is 1. The summed E-state index contributed by atoms with van der Waals surface area (Å²) in [5.41, 5.74) is 3.75. The van der Waals surface area contributed by atoms with Crippen molar-refractivity contribution in [3.8, 4) is 0 Å². The molecule has 4 heteroatoms. The maximum absolute atomic E-state index is 13.7. The van der Waals surface area contributed by atoms with Crippen LogP contribution in [0.4, 0.5) is 4.39 Å². The number of hydrogen-bond donors (Lipinski definition) is 1. The molecule has 0 spiro atoms. The van der Waals surface area contributed by atoms with Crippen LogP contribution in [0.1, 0.15) is 34.7 Å². The van der Waals surface area contributed by atoms with Gasteiger partial charge in [-0.2, -0.15) is 4.39 Å². The Hall–Kier alpha value is -3.01. The van der Waals surface area contributed by atoms with Gasteiger partial charge < -0.3 is 5.21 Å². The zero-order chi connectivity index (χ0) is 17.6.